The van der Waals surface area contributed by atoms with Gasteiger partial charge in [-0.15, -0.1) is 0 Å². The predicted molar refractivity (Wildman–Crippen MR) is 86.8 cm³/mol. The molecule has 0 unspecified atom stereocenters. The molecule has 2 aromatic carbocycles. The molecule has 0 aliphatic carbocycles. The number of benzene rings is 2. The number of nitrogens with zero attached hydrogens (tertiary/aromatic N) is 1. The van der Waals surface area contributed by atoms with Crippen LogP contribution >= 0.6 is 0 Å². The summed E-state index contributed by atoms with van der Waals surface area (Å²) < 4.78 is 7.58. The normalized spacial score (nSPS) is 11.0. The number of fused-ring (bicyclic) bond motifs is 1. The van der Waals surface area contributed by atoms with Crippen molar-refractivity contribution in [2.45, 2.75) is 13.1 Å². The summed E-state index contributed by atoms with van der Waals surface area (Å²) in [5.74, 6) is 0.903. The van der Waals surface area contributed by atoms with Gasteiger partial charge in [0.25, 0.3) is 0 Å². The molecule has 0 bridgehead atoms. The number of hydrogen-bond acceptors (Lipinski definition) is 2. The van der Waals surface area contributed by atoms with Crippen LogP contribution in [0.15, 0.2) is 54.7 Å². The van der Waals surface area contributed by atoms with Crippen LogP contribution in [-0.4, -0.2) is 18.7 Å². The van der Waals surface area contributed by atoms with Crippen molar-refractivity contribution in [2.24, 2.45) is 0 Å². The molecule has 1 N–H and O–H groups in total. The quantitative estimate of drug-likeness (QED) is 0.775. The summed E-state index contributed by atoms with van der Waals surface area (Å²) >= 11 is 0. The highest BCUT2D eigenvalue weighted by atomic mass is 16.5. The molecule has 0 saturated carbocycles. The third-order valence-corrected chi connectivity index (χ3v) is 3.76. The number of rotatable bonds is 5. The van der Waals surface area contributed by atoms with Crippen LogP contribution in [0.25, 0.3) is 10.9 Å². The average Bonchev–Trinajstić information content (AvgIpc) is 2.92. The topological polar surface area (TPSA) is 26.2 Å². The zero-order chi connectivity index (χ0) is 14.7. The molecule has 0 atom stereocenters. The number of methoxy groups -OCH3 is 1. The van der Waals surface area contributed by atoms with Crippen LogP contribution in [-0.2, 0) is 13.1 Å². The fourth-order valence-corrected chi connectivity index (χ4v) is 2.74. The van der Waals surface area contributed by atoms with E-state index in [2.05, 4.69) is 52.5 Å². The van der Waals surface area contributed by atoms with Crippen molar-refractivity contribution in [3.05, 3.63) is 65.9 Å². The van der Waals surface area contributed by atoms with E-state index < -0.39 is 0 Å². The predicted octanol–water partition coefficient (Wildman–Crippen LogP) is 3.42. The van der Waals surface area contributed by atoms with Crippen molar-refractivity contribution >= 4 is 10.9 Å². The fraction of sp³-hybridized carbons (Fsp3) is 0.222. The van der Waals surface area contributed by atoms with Crippen molar-refractivity contribution in [1.29, 1.82) is 0 Å². The van der Waals surface area contributed by atoms with E-state index in [4.69, 9.17) is 4.74 Å². The summed E-state index contributed by atoms with van der Waals surface area (Å²) in [5.41, 5.74) is 3.84. The molecule has 0 aliphatic rings. The standard InChI is InChI=1S/C18H20N2O/c1-19-12-15-6-4-8-18-17(15)9-10-20(18)13-14-5-3-7-16(11-14)21-2/h3-11,19H,12-13H2,1-2H3. The summed E-state index contributed by atoms with van der Waals surface area (Å²) in [4.78, 5) is 0. The number of aromatic nitrogens is 1. The van der Waals surface area contributed by atoms with E-state index in [1.54, 1.807) is 7.11 Å². The van der Waals surface area contributed by atoms with Gasteiger partial charge in [-0.2, -0.15) is 0 Å². The summed E-state index contributed by atoms with van der Waals surface area (Å²) in [5, 5.41) is 4.54. The van der Waals surface area contributed by atoms with Crippen molar-refractivity contribution < 1.29 is 4.74 Å². The lowest BCUT2D eigenvalue weighted by molar-refractivity contribution is 0.414. The van der Waals surface area contributed by atoms with Gasteiger partial charge in [0.1, 0.15) is 5.75 Å². The average molecular weight is 280 g/mol. The molecular formula is C18H20N2O. The lowest BCUT2D eigenvalue weighted by atomic mass is 10.1. The highest BCUT2D eigenvalue weighted by Crippen LogP contribution is 2.22. The molecule has 1 aromatic heterocycles. The maximum Gasteiger partial charge on any atom is 0.119 e. The van der Waals surface area contributed by atoms with Crippen LogP contribution in [0.2, 0.25) is 0 Å². The molecule has 3 heteroatoms. The van der Waals surface area contributed by atoms with Gasteiger partial charge in [-0.25, -0.2) is 0 Å². The minimum absolute atomic E-state index is 0.851. The van der Waals surface area contributed by atoms with E-state index in [-0.39, 0.29) is 0 Å². The van der Waals surface area contributed by atoms with Gasteiger partial charge in [-0.1, -0.05) is 24.3 Å². The van der Waals surface area contributed by atoms with Crippen molar-refractivity contribution in [3.8, 4) is 5.75 Å². The Morgan fingerprint density at radius 3 is 2.76 bits per heavy atom. The van der Waals surface area contributed by atoms with E-state index in [9.17, 15) is 0 Å². The molecule has 0 fully saturated rings. The van der Waals surface area contributed by atoms with E-state index in [0.717, 1.165) is 18.8 Å². The molecule has 3 nitrogen and oxygen atoms in total. The molecule has 0 spiro atoms. The first kappa shape index (κ1) is 13.7. The van der Waals surface area contributed by atoms with Gasteiger partial charge >= 0.3 is 0 Å². The van der Waals surface area contributed by atoms with Gasteiger partial charge in [0, 0.05) is 30.2 Å². The molecule has 0 radical (unpaired) electrons. The second kappa shape index (κ2) is 6.02. The summed E-state index contributed by atoms with van der Waals surface area (Å²) in [6.45, 7) is 1.74. The van der Waals surface area contributed by atoms with Crippen LogP contribution < -0.4 is 10.1 Å². The number of ether oxygens (including phenoxy) is 1. The van der Waals surface area contributed by atoms with E-state index >= 15 is 0 Å². The van der Waals surface area contributed by atoms with Gasteiger partial charge in [-0.3, -0.25) is 0 Å². The molecule has 21 heavy (non-hydrogen) atoms. The van der Waals surface area contributed by atoms with Crippen molar-refractivity contribution in [3.63, 3.8) is 0 Å². The minimum atomic E-state index is 0.851. The lowest BCUT2D eigenvalue weighted by Gasteiger charge is -2.08. The van der Waals surface area contributed by atoms with Crippen molar-refractivity contribution in [1.82, 2.24) is 9.88 Å². The molecule has 3 rings (SSSR count). The Hall–Kier alpha value is -2.26. The highest BCUT2D eigenvalue weighted by molar-refractivity contribution is 5.83. The summed E-state index contributed by atoms with van der Waals surface area (Å²) in [7, 11) is 3.68. The Balaban J connectivity index is 1.95. The Kier molecular flexibility index (Phi) is 3.93. The van der Waals surface area contributed by atoms with Crippen LogP contribution in [0.1, 0.15) is 11.1 Å². The maximum atomic E-state index is 5.30. The van der Waals surface area contributed by atoms with Crippen LogP contribution in [0.5, 0.6) is 5.75 Å². The first-order valence-electron chi connectivity index (χ1n) is 7.16. The lowest BCUT2D eigenvalue weighted by Crippen LogP contribution is -2.05. The van der Waals surface area contributed by atoms with Crippen molar-refractivity contribution in [2.75, 3.05) is 14.2 Å². The first-order valence-corrected chi connectivity index (χ1v) is 7.16. The van der Waals surface area contributed by atoms with E-state index in [1.807, 2.05) is 19.2 Å². The second-order valence-corrected chi connectivity index (χ2v) is 5.18. The largest absolute Gasteiger partial charge is 0.497 e. The minimum Gasteiger partial charge on any atom is -0.497 e. The number of hydrogen-bond donors (Lipinski definition) is 1. The van der Waals surface area contributed by atoms with Gasteiger partial charge in [0.15, 0.2) is 0 Å². The number of nitrogens with one attached hydrogen (secondary N) is 1. The smallest absolute Gasteiger partial charge is 0.119 e. The van der Waals surface area contributed by atoms with Gasteiger partial charge in [-0.05, 0) is 42.4 Å². The zero-order valence-electron chi connectivity index (χ0n) is 12.5. The second-order valence-electron chi connectivity index (χ2n) is 5.18. The Bertz CT molecular complexity index is 746. The van der Waals surface area contributed by atoms with E-state index in [1.165, 1.54) is 22.0 Å². The van der Waals surface area contributed by atoms with Crippen LogP contribution in [0.3, 0.4) is 0 Å². The fourth-order valence-electron chi connectivity index (χ4n) is 2.74. The monoisotopic (exact) mass is 280 g/mol. The Morgan fingerprint density at radius 2 is 1.95 bits per heavy atom. The van der Waals surface area contributed by atoms with Crippen LogP contribution in [0, 0.1) is 0 Å². The Morgan fingerprint density at radius 1 is 1.10 bits per heavy atom. The molecule has 108 valence electrons. The summed E-state index contributed by atoms with van der Waals surface area (Å²) in [6.07, 6.45) is 2.16. The molecule has 0 amide bonds. The third kappa shape index (κ3) is 2.78. The highest BCUT2D eigenvalue weighted by Gasteiger charge is 2.06. The van der Waals surface area contributed by atoms with Crippen LogP contribution in [0.4, 0.5) is 0 Å². The first-order chi connectivity index (χ1) is 10.3. The van der Waals surface area contributed by atoms with E-state index in [0.29, 0.717) is 0 Å². The molecular weight excluding hydrogens is 260 g/mol. The van der Waals surface area contributed by atoms with Gasteiger partial charge < -0.3 is 14.6 Å². The summed E-state index contributed by atoms with van der Waals surface area (Å²) in [6, 6.07) is 16.9. The SMILES string of the molecule is CNCc1cccc2c1ccn2Cc1cccc(OC)c1. The molecule has 0 aliphatic heterocycles. The molecule has 0 saturated heterocycles. The third-order valence-electron chi connectivity index (χ3n) is 3.76. The molecule has 1 heterocycles. The molecule has 3 aromatic rings. The van der Waals surface area contributed by atoms with Gasteiger partial charge in [0.2, 0.25) is 0 Å². The Labute approximate surface area is 125 Å². The maximum absolute atomic E-state index is 5.30. The zero-order valence-corrected chi connectivity index (χ0v) is 12.5. The van der Waals surface area contributed by atoms with Gasteiger partial charge in [0.05, 0.1) is 7.11 Å².